The molecule has 0 spiro atoms. The molecule has 2 aromatic rings. The van der Waals surface area contributed by atoms with Crippen molar-refractivity contribution in [3.63, 3.8) is 0 Å². The van der Waals surface area contributed by atoms with E-state index in [4.69, 9.17) is 9.84 Å². The zero-order valence-electron chi connectivity index (χ0n) is 18.3. The van der Waals surface area contributed by atoms with Crippen molar-refractivity contribution in [1.82, 2.24) is 20.0 Å². The molecule has 1 aromatic heterocycles. The summed E-state index contributed by atoms with van der Waals surface area (Å²) in [6.45, 7) is 5.46. The van der Waals surface area contributed by atoms with Crippen LogP contribution in [-0.4, -0.2) is 46.8 Å². The van der Waals surface area contributed by atoms with E-state index in [1.807, 2.05) is 17.0 Å². The van der Waals surface area contributed by atoms with Crippen molar-refractivity contribution in [3.8, 4) is 5.75 Å². The number of nitrogens with one attached hydrogen (secondary N) is 1. The number of carbonyl (C=O) groups excluding carboxylic acids is 1. The van der Waals surface area contributed by atoms with Crippen molar-refractivity contribution in [2.75, 3.05) is 20.2 Å². The molecule has 1 N–H and O–H groups in total. The van der Waals surface area contributed by atoms with Gasteiger partial charge in [-0.3, -0.25) is 9.48 Å². The van der Waals surface area contributed by atoms with Gasteiger partial charge >= 0.3 is 0 Å². The molecule has 2 aliphatic rings. The fourth-order valence-electron chi connectivity index (χ4n) is 4.76. The first-order valence-electron chi connectivity index (χ1n) is 11.4. The topological polar surface area (TPSA) is 59.4 Å². The van der Waals surface area contributed by atoms with Crippen LogP contribution in [0.3, 0.4) is 0 Å². The molecule has 1 aliphatic carbocycles. The van der Waals surface area contributed by atoms with Crippen LogP contribution in [0.25, 0.3) is 0 Å². The van der Waals surface area contributed by atoms with Crippen LogP contribution in [0.2, 0.25) is 0 Å². The van der Waals surface area contributed by atoms with Crippen molar-refractivity contribution < 1.29 is 9.53 Å². The van der Waals surface area contributed by atoms with E-state index in [0.29, 0.717) is 11.7 Å². The van der Waals surface area contributed by atoms with Crippen LogP contribution < -0.4 is 10.1 Å². The van der Waals surface area contributed by atoms with Gasteiger partial charge in [-0.15, -0.1) is 0 Å². The third kappa shape index (κ3) is 4.53. The van der Waals surface area contributed by atoms with Crippen LogP contribution >= 0.6 is 0 Å². The molecule has 2 heterocycles. The molecule has 6 heteroatoms. The van der Waals surface area contributed by atoms with Crippen LogP contribution in [0, 0.1) is 0 Å². The second kappa shape index (κ2) is 9.65. The van der Waals surface area contributed by atoms with E-state index < -0.39 is 0 Å². The van der Waals surface area contributed by atoms with Gasteiger partial charge in [-0.05, 0) is 56.7 Å². The lowest BCUT2D eigenvalue weighted by Gasteiger charge is -2.25. The SMILES string of the molecule is CCn1nc(C(=O)N2CCCCCC2)c2c1CCC(NCc1cccc(OC)c1)C2. The van der Waals surface area contributed by atoms with E-state index in [9.17, 15) is 4.79 Å². The number of rotatable bonds is 6. The summed E-state index contributed by atoms with van der Waals surface area (Å²) in [5.41, 5.74) is 4.34. The standard InChI is InChI=1S/C24H34N4O2/c1-3-28-22-12-11-19(25-17-18-9-8-10-20(15-18)30-2)16-21(22)23(26-28)24(29)27-13-6-4-5-7-14-27/h8-10,15,19,25H,3-7,11-14,16-17H2,1-2H3. The lowest BCUT2D eigenvalue weighted by molar-refractivity contribution is 0.0753. The molecule has 1 saturated heterocycles. The molecule has 1 fully saturated rings. The predicted octanol–water partition coefficient (Wildman–Crippen LogP) is 3.57. The van der Waals surface area contributed by atoms with E-state index in [2.05, 4.69) is 29.1 Å². The van der Waals surface area contributed by atoms with Crippen molar-refractivity contribution in [1.29, 1.82) is 0 Å². The molecule has 4 rings (SSSR count). The van der Waals surface area contributed by atoms with Crippen LogP contribution in [0.5, 0.6) is 5.75 Å². The lowest BCUT2D eigenvalue weighted by Crippen LogP contribution is -2.36. The Morgan fingerprint density at radius 2 is 2.03 bits per heavy atom. The summed E-state index contributed by atoms with van der Waals surface area (Å²) in [6, 6.07) is 8.54. The molecular weight excluding hydrogens is 376 g/mol. The van der Waals surface area contributed by atoms with Gasteiger partial charge in [-0.25, -0.2) is 0 Å². The van der Waals surface area contributed by atoms with E-state index in [1.54, 1.807) is 7.11 Å². The van der Waals surface area contributed by atoms with Crippen LogP contribution in [0.15, 0.2) is 24.3 Å². The van der Waals surface area contributed by atoms with Crippen molar-refractivity contribution in [2.24, 2.45) is 0 Å². The first kappa shape index (κ1) is 20.9. The largest absolute Gasteiger partial charge is 0.497 e. The smallest absolute Gasteiger partial charge is 0.274 e. The maximum Gasteiger partial charge on any atom is 0.274 e. The normalized spacial score (nSPS) is 19.3. The monoisotopic (exact) mass is 410 g/mol. The summed E-state index contributed by atoms with van der Waals surface area (Å²) in [5.74, 6) is 1.02. The Labute approximate surface area is 179 Å². The maximum absolute atomic E-state index is 13.3. The second-order valence-electron chi connectivity index (χ2n) is 8.47. The Hall–Kier alpha value is -2.34. The zero-order chi connectivity index (χ0) is 20.9. The fourth-order valence-corrected chi connectivity index (χ4v) is 4.76. The maximum atomic E-state index is 13.3. The average molecular weight is 411 g/mol. The van der Waals surface area contributed by atoms with Gasteiger partial charge in [0.25, 0.3) is 5.91 Å². The minimum atomic E-state index is 0.133. The molecule has 1 amide bonds. The van der Waals surface area contributed by atoms with E-state index >= 15 is 0 Å². The number of benzene rings is 1. The van der Waals surface area contributed by atoms with Gasteiger partial charge in [0, 0.05) is 43.5 Å². The van der Waals surface area contributed by atoms with Crippen LogP contribution in [0.1, 0.15) is 66.3 Å². The highest BCUT2D eigenvalue weighted by Crippen LogP contribution is 2.27. The predicted molar refractivity (Wildman–Crippen MR) is 118 cm³/mol. The molecule has 1 unspecified atom stereocenters. The Morgan fingerprint density at radius 1 is 1.23 bits per heavy atom. The number of likely N-dealkylation sites (tertiary alicyclic amines) is 1. The highest BCUT2D eigenvalue weighted by Gasteiger charge is 2.31. The van der Waals surface area contributed by atoms with Gasteiger partial charge in [0.1, 0.15) is 5.75 Å². The summed E-state index contributed by atoms with van der Waals surface area (Å²) < 4.78 is 7.39. The molecule has 162 valence electrons. The third-order valence-corrected chi connectivity index (χ3v) is 6.47. The zero-order valence-corrected chi connectivity index (χ0v) is 18.3. The number of ether oxygens (including phenoxy) is 1. The summed E-state index contributed by atoms with van der Waals surface area (Å²) >= 11 is 0. The number of fused-ring (bicyclic) bond motifs is 1. The average Bonchev–Trinajstić information content (AvgIpc) is 2.95. The first-order valence-corrected chi connectivity index (χ1v) is 11.4. The quantitative estimate of drug-likeness (QED) is 0.791. The molecular formula is C24H34N4O2. The number of nitrogens with zero attached hydrogens (tertiary/aromatic N) is 3. The number of aryl methyl sites for hydroxylation is 1. The minimum Gasteiger partial charge on any atom is -0.497 e. The highest BCUT2D eigenvalue weighted by atomic mass is 16.5. The number of hydrogen-bond donors (Lipinski definition) is 1. The number of aromatic nitrogens is 2. The van der Waals surface area contributed by atoms with Crippen LogP contribution in [0.4, 0.5) is 0 Å². The summed E-state index contributed by atoms with van der Waals surface area (Å²) in [4.78, 5) is 15.4. The number of methoxy groups -OCH3 is 1. The molecule has 1 atom stereocenters. The third-order valence-electron chi connectivity index (χ3n) is 6.47. The summed E-state index contributed by atoms with van der Waals surface area (Å²) in [7, 11) is 1.70. The molecule has 0 radical (unpaired) electrons. The van der Waals surface area contributed by atoms with Gasteiger partial charge in [0.2, 0.25) is 0 Å². The molecule has 0 bridgehead atoms. The second-order valence-corrected chi connectivity index (χ2v) is 8.47. The van der Waals surface area contributed by atoms with Crippen molar-refractivity contribution in [3.05, 3.63) is 46.8 Å². The first-order chi connectivity index (χ1) is 14.7. The number of hydrogen-bond acceptors (Lipinski definition) is 4. The number of amides is 1. The molecule has 1 aliphatic heterocycles. The Morgan fingerprint density at radius 3 is 2.77 bits per heavy atom. The molecule has 6 nitrogen and oxygen atoms in total. The summed E-state index contributed by atoms with van der Waals surface area (Å²) in [6.07, 6.45) is 7.57. The Kier molecular flexibility index (Phi) is 6.72. The molecule has 30 heavy (non-hydrogen) atoms. The van der Waals surface area contributed by atoms with Gasteiger partial charge in [-0.2, -0.15) is 5.10 Å². The number of carbonyl (C=O) groups is 1. The van der Waals surface area contributed by atoms with E-state index in [1.165, 1.54) is 29.7 Å². The van der Waals surface area contributed by atoms with Gasteiger partial charge in [-0.1, -0.05) is 25.0 Å². The van der Waals surface area contributed by atoms with Crippen molar-refractivity contribution >= 4 is 5.91 Å². The Bertz CT molecular complexity index is 868. The molecule has 0 saturated carbocycles. The Balaban J connectivity index is 1.48. The summed E-state index contributed by atoms with van der Waals surface area (Å²) in [5, 5.41) is 8.47. The minimum absolute atomic E-state index is 0.133. The van der Waals surface area contributed by atoms with Gasteiger partial charge in [0.05, 0.1) is 7.11 Å². The van der Waals surface area contributed by atoms with E-state index in [-0.39, 0.29) is 5.91 Å². The van der Waals surface area contributed by atoms with Crippen LogP contribution in [-0.2, 0) is 25.9 Å². The lowest BCUT2D eigenvalue weighted by atomic mass is 9.91. The van der Waals surface area contributed by atoms with Gasteiger partial charge in [0.15, 0.2) is 5.69 Å². The molecule has 1 aromatic carbocycles. The van der Waals surface area contributed by atoms with Crippen molar-refractivity contribution in [2.45, 2.75) is 71.0 Å². The fraction of sp³-hybridized carbons (Fsp3) is 0.583. The highest BCUT2D eigenvalue weighted by molar-refractivity contribution is 5.94. The van der Waals surface area contributed by atoms with Gasteiger partial charge < -0.3 is 15.0 Å². The van der Waals surface area contributed by atoms with E-state index in [0.717, 1.165) is 64.0 Å².